The first-order chi connectivity index (χ1) is 8.84. The topological polar surface area (TPSA) is 49.4 Å². The van der Waals surface area contributed by atoms with Crippen molar-refractivity contribution in [1.29, 1.82) is 0 Å². The molecule has 1 fully saturated rings. The summed E-state index contributed by atoms with van der Waals surface area (Å²) in [7, 11) is 0. The third-order valence-corrected chi connectivity index (χ3v) is 3.80. The lowest BCUT2D eigenvalue weighted by Gasteiger charge is -2.43. The first-order valence-electron chi connectivity index (χ1n) is 6.20. The molecule has 102 valence electrons. The largest absolute Gasteiger partial charge is 0.355 e. The maximum absolute atomic E-state index is 11.9. The van der Waals surface area contributed by atoms with E-state index in [0.29, 0.717) is 23.7 Å². The van der Waals surface area contributed by atoms with Crippen LogP contribution in [-0.4, -0.2) is 30.3 Å². The fourth-order valence-corrected chi connectivity index (χ4v) is 2.55. The molecule has 0 unspecified atom stereocenters. The van der Waals surface area contributed by atoms with Crippen molar-refractivity contribution in [1.82, 2.24) is 5.32 Å². The zero-order chi connectivity index (χ0) is 14.2. The van der Waals surface area contributed by atoms with Gasteiger partial charge in [0.1, 0.15) is 5.54 Å². The van der Waals surface area contributed by atoms with Crippen LogP contribution in [0.1, 0.15) is 31.1 Å². The van der Waals surface area contributed by atoms with Crippen molar-refractivity contribution in [2.24, 2.45) is 0 Å². The normalized spacial score (nSPS) is 18.1. The van der Waals surface area contributed by atoms with Crippen molar-refractivity contribution >= 4 is 29.0 Å². The van der Waals surface area contributed by atoms with E-state index < -0.39 is 5.54 Å². The maximum Gasteiger partial charge on any atom is 0.245 e. The van der Waals surface area contributed by atoms with Gasteiger partial charge in [0.25, 0.3) is 0 Å². The van der Waals surface area contributed by atoms with E-state index in [1.165, 1.54) is 6.92 Å². The molecule has 1 heterocycles. The Morgan fingerprint density at radius 3 is 2.68 bits per heavy atom. The molecule has 0 spiro atoms. The Hall–Kier alpha value is -1.55. The average Bonchev–Trinajstić information content (AvgIpc) is 2.33. The molecule has 1 aromatic carbocycles. The molecular formula is C14H17ClN2O2. The van der Waals surface area contributed by atoms with Crippen LogP contribution in [0.15, 0.2) is 18.2 Å². The van der Waals surface area contributed by atoms with Crippen molar-refractivity contribution in [3.05, 3.63) is 28.8 Å². The molecule has 1 aliphatic rings. The lowest BCUT2D eigenvalue weighted by Crippen LogP contribution is -2.62. The second-order valence-corrected chi connectivity index (χ2v) is 5.60. The number of hydrogen-bond acceptors (Lipinski definition) is 3. The van der Waals surface area contributed by atoms with Crippen molar-refractivity contribution in [2.45, 2.75) is 26.3 Å². The third kappa shape index (κ3) is 2.45. The number of nitrogens with one attached hydrogen (secondary N) is 1. The summed E-state index contributed by atoms with van der Waals surface area (Å²) in [6.07, 6.45) is 0. The fourth-order valence-electron chi connectivity index (χ4n) is 2.27. The molecule has 0 aliphatic carbocycles. The molecule has 0 atom stereocenters. The Bertz CT molecular complexity index is 540. The molecule has 1 saturated heterocycles. The third-order valence-electron chi connectivity index (χ3n) is 3.50. The number of halogens is 1. The number of nitrogens with zero attached hydrogens (tertiary/aromatic N) is 1. The van der Waals surface area contributed by atoms with E-state index in [1.807, 2.05) is 18.7 Å². The fraction of sp³-hybridized carbons (Fsp3) is 0.429. The number of Topliss-reactive ketones (excluding diaryl/α,β-unsaturated/α-hetero) is 1. The molecule has 1 N–H and O–H groups in total. The van der Waals surface area contributed by atoms with Crippen molar-refractivity contribution in [2.75, 3.05) is 18.0 Å². The van der Waals surface area contributed by atoms with Crippen molar-refractivity contribution in [3.8, 4) is 0 Å². The highest BCUT2D eigenvalue weighted by Crippen LogP contribution is 2.33. The number of carbonyl (C=O) groups is 2. The number of ketones is 1. The second-order valence-electron chi connectivity index (χ2n) is 5.19. The van der Waals surface area contributed by atoms with Gasteiger partial charge in [-0.2, -0.15) is 0 Å². The van der Waals surface area contributed by atoms with Gasteiger partial charge in [0.2, 0.25) is 5.91 Å². The highest BCUT2D eigenvalue weighted by Gasteiger charge is 2.38. The standard InChI is InChI=1S/C14H17ClN2O2/c1-9(18)10-4-5-12(11(15)8-10)17-7-6-16-13(19)14(17,2)3/h4-5,8H,6-7H2,1-3H3,(H,16,19). The summed E-state index contributed by atoms with van der Waals surface area (Å²) in [5, 5.41) is 3.34. The quantitative estimate of drug-likeness (QED) is 0.846. The summed E-state index contributed by atoms with van der Waals surface area (Å²) in [4.78, 5) is 25.2. The van der Waals surface area contributed by atoms with Gasteiger partial charge < -0.3 is 10.2 Å². The molecule has 0 radical (unpaired) electrons. The van der Waals surface area contributed by atoms with E-state index in [-0.39, 0.29) is 11.7 Å². The van der Waals surface area contributed by atoms with E-state index >= 15 is 0 Å². The minimum absolute atomic E-state index is 0.0227. The Kier molecular flexibility index (Phi) is 3.54. The maximum atomic E-state index is 11.9. The van der Waals surface area contributed by atoms with Crippen LogP contribution in [-0.2, 0) is 4.79 Å². The van der Waals surface area contributed by atoms with E-state index in [0.717, 1.165) is 5.69 Å². The Labute approximate surface area is 117 Å². The molecular weight excluding hydrogens is 264 g/mol. The van der Waals surface area contributed by atoms with Crippen LogP contribution in [0.5, 0.6) is 0 Å². The van der Waals surface area contributed by atoms with E-state index in [2.05, 4.69) is 5.32 Å². The van der Waals surface area contributed by atoms with E-state index in [4.69, 9.17) is 11.6 Å². The van der Waals surface area contributed by atoms with Crippen molar-refractivity contribution < 1.29 is 9.59 Å². The molecule has 5 heteroatoms. The Morgan fingerprint density at radius 1 is 1.42 bits per heavy atom. The van der Waals surface area contributed by atoms with Gasteiger partial charge in [-0.05, 0) is 39.0 Å². The summed E-state index contributed by atoms with van der Waals surface area (Å²) in [6, 6.07) is 5.20. The summed E-state index contributed by atoms with van der Waals surface area (Å²) >= 11 is 6.26. The lowest BCUT2D eigenvalue weighted by molar-refractivity contribution is -0.126. The molecule has 0 saturated carbocycles. The van der Waals surface area contributed by atoms with Crippen molar-refractivity contribution in [3.63, 3.8) is 0 Å². The summed E-state index contributed by atoms with van der Waals surface area (Å²) < 4.78 is 0. The number of amides is 1. The monoisotopic (exact) mass is 280 g/mol. The summed E-state index contributed by atoms with van der Waals surface area (Å²) in [6.45, 7) is 6.50. The number of rotatable bonds is 2. The summed E-state index contributed by atoms with van der Waals surface area (Å²) in [5.74, 6) is -0.0467. The highest BCUT2D eigenvalue weighted by molar-refractivity contribution is 6.33. The number of benzene rings is 1. The van der Waals surface area contributed by atoms with Gasteiger partial charge in [-0.25, -0.2) is 0 Å². The van der Waals surface area contributed by atoms with Crippen LogP contribution in [0.3, 0.4) is 0 Å². The van der Waals surface area contributed by atoms with Gasteiger partial charge in [0, 0.05) is 18.7 Å². The lowest BCUT2D eigenvalue weighted by atomic mass is 9.97. The number of carbonyl (C=O) groups excluding carboxylic acids is 2. The van der Waals surface area contributed by atoms with Gasteiger partial charge in [-0.15, -0.1) is 0 Å². The molecule has 0 bridgehead atoms. The molecule has 4 nitrogen and oxygen atoms in total. The molecule has 1 aliphatic heterocycles. The molecule has 1 aromatic rings. The second kappa shape index (κ2) is 4.85. The first kappa shape index (κ1) is 13.9. The Balaban J connectivity index is 2.41. The SMILES string of the molecule is CC(=O)c1ccc(N2CCNC(=O)C2(C)C)c(Cl)c1. The Morgan fingerprint density at radius 2 is 2.11 bits per heavy atom. The van der Waals surface area contributed by atoms with Gasteiger partial charge in [-0.3, -0.25) is 9.59 Å². The van der Waals surface area contributed by atoms with Crippen LogP contribution < -0.4 is 10.2 Å². The zero-order valence-electron chi connectivity index (χ0n) is 11.3. The van der Waals surface area contributed by atoms with Crippen LogP contribution in [0.25, 0.3) is 0 Å². The zero-order valence-corrected chi connectivity index (χ0v) is 12.0. The molecule has 0 aromatic heterocycles. The predicted molar refractivity (Wildman–Crippen MR) is 75.9 cm³/mol. The van der Waals surface area contributed by atoms with Crippen LogP contribution >= 0.6 is 11.6 Å². The van der Waals surface area contributed by atoms with Gasteiger partial charge in [-0.1, -0.05) is 11.6 Å². The van der Waals surface area contributed by atoms with Crippen LogP contribution in [0.2, 0.25) is 5.02 Å². The minimum Gasteiger partial charge on any atom is -0.355 e. The minimum atomic E-state index is -0.653. The first-order valence-corrected chi connectivity index (χ1v) is 6.58. The molecule has 2 rings (SSSR count). The van der Waals surface area contributed by atoms with Crippen LogP contribution in [0, 0.1) is 0 Å². The molecule has 19 heavy (non-hydrogen) atoms. The predicted octanol–water partition coefficient (Wildman–Crippen LogP) is 2.26. The number of anilines is 1. The average molecular weight is 281 g/mol. The van der Waals surface area contributed by atoms with Gasteiger partial charge in [0.15, 0.2) is 5.78 Å². The van der Waals surface area contributed by atoms with E-state index in [1.54, 1.807) is 18.2 Å². The molecule has 1 amide bonds. The highest BCUT2D eigenvalue weighted by atomic mass is 35.5. The smallest absolute Gasteiger partial charge is 0.245 e. The van der Waals surface area contributed by atoms with Crippen LogP contribution in [0.4, 0.5) is 5.69 Å². The summed E-state index contributed by atoms with van der Waals surface area (Å²) in [5.41, 5.74) is 0.708. The van der Waals surface area contributed by atoms with Gasteiger partial charge >= 0.3 is 0 Å². The van der Waals surface area contributed by atoms with E-state index in [9.17, 15) is 9.59 Å². The van der Waals surface area contributed by atoms with Gasteiger partial charge in [0.05, 0.1) is 10.7 Å². The number of hydrogen-bond donors (Lipinski definition) is 1. The number of piperazine rings is 1.